The maximum absolute atomic E-state index is 12.0. The summed E-state index contributed by atoms with van der Waals surface area (Å²) < 4.78 is 0. The molecule has 0 unspecified atom stereocenters. The molecule has 108 valence electrons. The number of nitrogens with one attached hydrogen (secondary N) is 2. The van der Waals surface area contributed by atoms with Crippen molar-refractivity contribution in [1.29, 1.82) is 0 Å². The summed E-state index contributed by atoms with van der Waals surface area (Å²) >= 11 is 1.09. The molecule has 3 N–H and O–H groups in total. The number of carboxylic acid groups (broad SMARTS) is 1. The Bertz CT molecular complexity index is 713. The molecule has 2 heterocycles. The van der Waals surface area contributed by atoms with Gasteiger partial charge in [0.25, 0.3) is 5.91 Å². The highest BCUT2D eigenvalue weighted by Gasteiger charge is 2.16. The zero-order valence-electron chi connectivity index (χ0n) is 10.8. The van der Waals surface area contributed by atoms with Crippen LogP contribution < -0.4 is 10.6 Å². The molecular formula is C12H10N4O4S. The molecule has 0 atom stereocenters. The number of carbonyl (C=O) groups is 3. The lowest BCUT2D eigenvalue weighted by molar-refractivity contribution is -0.114. The monoisotopic (exact) mass is 306 g/mol. The smallest absolute Gasteiger partial charge is 0.339 e. The molecule has 2 rings (SSSR count). The number of rotatable bonds is 4. The van der Waals surface area contributed by atoms with Crippen molar-refractivity contribution >= 4 is 40.1 Å². The molecule has 0 fully saturated rings. The zero-order chi connectivity index (χ0) is 15.4. The zero-order valence-corrected chi connectivity index (χ0v) is 11.6. The van der Waals surface area contributed by atoms with Crippen molar-refractivity contribution in [3.05, 3.63) is 35.0 Å². The van der Waals surface area contributed by atoms with E-state index in [-0.39, 0.29) is 28.1 Å². The maximum Gasteiger partial charge on any atom is 0.339 e. The van der Waals surface area contributed by atoms with Crippen molar-refractivity contribution in [3.8, 4) is 0 Å². The molecule has 2 amide bonds. The second kappa shape index (κ2) is 6.09. The summed E-state index contributed by atoms with van der Waals surface area (Å²) in [5.41, 5.74) is -0.0612. The third-order valence-electron chi connectivity index (χ3n) is 2.29. The van der Waals surface area contributed by atoms with E-state index in [1.165, 1.54) is 30.6 Å². The minimum absolute atomic E-state index is 0.0609. The van der Waals surface area contributed by atoms with Gasteiger partial charge in [-0.3, -0.25) is 9.59 Å². The van der Waals surface area contributed by atoms with E-state index in [2.05, 4.69) is 20.6 Å². The highest BCUT2D eigenvalue weighted by atomic mass is 32.1. The van der Waals surface area contributed by atoms with Gasteiger partial charge in [-0.15, -0.1) is 11.3 Å². The average molecular weight is 306 g/mol. The highest BCUT2D eigenvalue weighted by molar-refractivity contribution is 7.14. The Balaban J connectivity index is 2.17. The Morgan fingerprint density at radius 1 is 1.29 bits per heavy atom. The van der Waals surface area contributed by atoms with Gasteiger partial charge in [0.1, 0.15) is 17.1 Å². The second-order valence-corrected chi connectivity index (χ2v) is 4.74. The Hall–Kier alpha value is -2.81. The molecule has 21 heavy (non-hydrogen) atoms. The van der Waals surface area contributed by atoms with Gasteiger partial charge in [-0.05, 0) is 12.1 Å². The van der Waals surface area contributed by atoms with Crippen LogP contribution in [0.2, 0.25) is 0 Å². The van der Waals surface area contributed by atoms with Crippen LogP contribution in [0.4, 0.5) is 10.9 Å². The average Bonchev–Trinajstić information content (AvgIpc) is 2.86. The first kappa shape index (κ1) is 14.6. The van der Waals surface area contributed by atoms with Crippen molar-refractivity contribution in [2.45, 2.75) is 6.92 Å². The van der Waals surface area contributed by atoms with E-state index in [0.29, 0.717) is 0 Å². The van der Waals surface area contributed by atoms with Crippen molar-refractivity contribution in [1.82, 2.24) is 9.97 Å². The van der Waals surface area contributed by atoms with Gasteiger partial charge >= 0.3 is 5.97 Å². The van der Waals surface area contributed by atoms with E-state index in [1.54, 1.807) is 0 Å². The largest absolute Gasteiger partial charge is 0.478 e. The summed E-state index contributed by atoms with van der Waals surface area (Å²) in [6.07, 6.45) is 1.37. The topological polar surface area (TPSA) is 121 Å². The SMILES string of the molecule is CC(=O)Nc1nc(C(=O)Nc2ncccc2C(=O)O)cs1. The van der Waals surface area contributed by atoms with Crippen molar-refractivity contribution in [2.75, 3.05) is 10.6 Å². The Labute approximate surface area is 122 Å². The van der Waals surface area contributed by atoms with Crippen LogP contribution in [-0.4, -0.2) is 32.9 Å². The molecule has 0 saturated carbocycles. The number of nitrogens with zero attached hydrogens (tertiary/aromatic N) is 2. The molecular weight excluding hydrogens is 296 g/mol. The number of aromatic carboxylic acids is 1. The first-order valence-electron chi connectivity index (χ1n) is 5.70. The van der Waals surface area contributed by atoms with E-state index >= 15 is 0 Å². The summed E-state index contributed by atoms with van der Waals surface area (Å²) in [6, 6.07) is 2.78. The minimum atomic E-state index is -1.20. The van der Waals surface area contributed by atoms with E-state index in [0.717, 1.165) is 11.3 Å². The van der Waals surface area contributed by atoms with Crippen LogP contribution in [0.15, 0.2) is 23.7 Å². The van der Waals surface area contributed by atoms with Gasteiger partial charge in [0.15, 0.2) is 5.13 Å². The highest BCUT2D eigenvalue weighted by Crippen LogP contribution is 2.17. The molecule has 9 heteroatoms. The fourth-order valence-corrected chi connectivity index (χ4v) is 2.17. The number of hydrogen-bond acceptors (Lipinski definition) is 6. The van der Waals surface area contributed by atoms with E-state index in [4.69, 9.17) is 5.11 Å². The summed E-state index contributed by atoms with van der Waals surface area (Å²) in [6.45, 7) is 1.33. The predicted octanol–water partition coefficient (Wildman–Crippen LogP) is 1.45. The maximum atomic E-state index is 12.0. The third-order valence-corrected chi connectivity index (χ3v) is 3.05. The number of aromatic nitrogens is 2. The van der Waals surface area contributed by atoms with Crippen LogP contribution >= 0.6 is 11.3 Å². The normalized spacial score (nSPS) is 9.95. The Kier molecular flexibility index (Phi) is 4.24. The molecule has 0 aromatic carbocycles. The Morgan fingerprint density at radius 3 is 2.71 bits per heavy atom. The van der Waals surface area contributed by atoms with Crippen molar-refractivity contribution < 1.29 is 19.5 Å². The third kappa shape index (κ3) is 3.60. The van der Waals surface area contributed by atoms with Gasteiger partial charge in [-0.2, -0.15) is 0 Å². The van der Waals surface area contributed by atoms with Gasteiger partial charge in [-0.25, -0.2) is 14.8 Å². The van der Waals surface area contributed by atoms with Crippen LogP contribution in [0.25, 0.3) is 0 Å². The van der Waals surface area contributed by atoms with Crippen LogP contribution in [0.3, 0.4) is 0 Å². The molecule has 2 aromatic heterocycles. The van der Waals surface area contributed by atoms with E-state index < -0.39 is 11.9 Å². The quantitative estimate of drug-likeness (QED) is 0.786. The summed E-state index contributed by atoms with van der Waals surface area (Å²) in [7, 11) is 0. The molecule has 0 bridgehead atoms. The van der Waals surface area contributed by atoms with E-state index in [1.807, 2.05) is 0 Å². The van der Waals surface area contributed by atoms with Crippen LogP contribution in [0.1, 0.15) is 27.8 Å². The molecule has 0 aliphatic rings. The van der Waals surface area contributed by atoms with Crippen LogP contribution in [0, 0.1) is 0 Å². The lowest BCUT2D eigenvalue weighted by Crippen LogP contribution is -2.16. The lowest BCUT2D eigenvalue weighted by Gasteiger charge is -2.05. The molecule has 0 aliphatic heterocycles. The van der Waals surface area contributed by atoms with Crippen molar-refractivity contribution in [2.24, 2.45) is 0 Å². The minimum Gasteiger partial charge on any atom is -0.478 e. The first-order chi connectivity index (χ1) is 9.97. The number of pyridine rings is 1. The van der Waals surface area contributed by atoms with Gasteiger partial charge in [-0.1, -0.05) is 0 Å². The van der Waals surface area contributed by atoms with Crippen LogP contribution in [0.5, 0.6) is 0 Å². The fourth-order valence-electron chi connectivity index (χ4n) is 1.44. The van der Waals surface area contributed by atoms with Gasteiger partial charge in [0, 0.05) is 18.5 Å². The number of carboxylic acids is 1. The van der Waals surface area contributed by atoms with Gasteiger partial charge in [0.05, 0.1) is 0 Å². The number of anilines is 2. The lowest BCUT2D eigenvalue weighted by atomic mass is 10.2. The first-order valence-corrected chi connectivity index (χ1v) is 6.58. The standard InChI is InChI=1S/C12H10N4O4S/c1-6(17)14-12-15-8(5-21-12)10(18)16-9-7(11(19)20)3-2-4-13-9/h2-5H,1H3,(H,19,20)(H,13,16,18)(H,14,15,17). The molecule has 0 saturated heterocycles. The summed E-state index contributed by atoms with van der Waals surface area (Å²) in [5.74, 6) is -2.17. The van der Waals surface area contributed by atoms with Crippen LogP contribution in [-0.2, 0) is 4.79 Å². The molecule has 0 spiro atoms. The molecule has 0 aliphatic carbocycles. The number of hydrogen-bond donors (Lipinski definition) is 3. The summed E-state index contributed by atoms with van der Waals surface area (Å²) in [4.78, 5) is 41.6. The number of carbonyl (C=O) groups excluding carboxylic acids is 2. The van der Waals surface area contributed by atoms with Gasteiger partial charge in [0.2, 0.25) is 5.91 Å². The molecule has 0 radical (unpaired) electrons. The van der Waals surface area contributed by atoms with Crippen molar-refractivity contribution in [3.63, 3.8) is 0 Å². The fraction of sp³-hybridized carbons (Fsp3) is 0.0833. The molecule has 8 nitrogen and oxygen atoms in total. The van der Waals surface area contributed by atoms with E-state index in [9.17, 15) is 14.4 Å². The molecule has 2 aromatic rings. The Morgan fingerprint density at radius 2 is 2.05 bits per heavy atom. The number of thiazole rings is 1. The summed E-state index contributed by atoms with van der Waals surface area (Å²) in [5, 5.41) is 15.6. The second-order valence-electron chi connectivity index (χ2n) is 3.88. The number of amides is 2. The van der Waals surface area contributed by atoms with Gasteiger partial charge < -0.3 is 15.7 Å². The predicted molar refractivity (Wildman–Crippen MR) is 75.6 cm³/mol.